The molecule has 0 aliphatic heterocycles. The van der Waals surface area contributed by atoms with Gasteiger partial charge in [-0.3, -0.25) is 5.10 Å². The first kappa shape index (κ1) is 18.4. The number of fused-ring (bicyclic) bond motifs is 1. The quantitative estimate of drug-likeness (QED) is 0.566. The molecule has 0 aliphatic rings. The minimum atomic E-state index is 0.331. The number of aromatic amines is 1. The molecule has 4 rings (SSSR count). The van der Waals surface area contributed by atoms with Crippen molar-refractivity contribution in [2.45, 2.75) is 33.2 Å². The summed E-state index contributed by atoms with van der Waals surface area (Å²) in [5.74, 6) is 0.331. The highest BCUT2D eigenvalue weighted by Crippen LogP contribution is 2.36. The minimum Gasteiger partial charge on any atom is -0.305 e. The largest absolute Gasteiger partial charge is 0.305 e. The average Bonchev–Trinajstić information content (AvgIpc) is 3.29. The Kier molecular flexibility index (Phi) is 4.73. The van der Waals surface area contributed by atoms with Gasteiger partial charge in [0, 0.05) is 23.9 Å². The Balaban J connectivity index is 1.79. The topological polar surface area (TPSA) is 62.1 Å². The van der Waals surface area contributed by atoms with E-state index < -0.39 is 0 Å². The van der Waals surface area contributed by atoms with Gasteiger partial charge in [0.05, 0.1) is 11.4 Å². The Morgan fingerprint density at radius 1 is 1.11 bits per heavy atom. The van der Waals surface area contributed by atoms with Crippen LogP contribution in [0.15, 0.2) is 42.9 Å². The molecule has 0 unspecified atom stereocenters. The lowest BCUT2D eigenvalue weighted by molar-refractivity contribution is 0.402. The van der Waals surface area contributed by atoms with Crippen LogP contribution in [0, 0.1) is 6.92 Å². The third-order valence-electron chi connectivity index (χ3n) is 4.96. The highest BCUT2D eigenvalue weighted by atomic mass is 15.3. The van der Waals surface area contributed by atoms with E-state index in [0.717, 1.165) is 40.3 Å². The number of nitrogens with zero attached hydrogens (tertiary/aromatic N) is 5. The van der Waals surface area contributed by atoms with E-state index in [1.165, 1.54) is 11.1 Å². The third kappa shape index (κ3) is 3.31. The number of aryl methyl sites for hydroxylation is 1. The maximum Gasteiger partial charge on any atom is 0.158 e. The molecule has 0 spiro atoms. The zero-order valence-corrected chi connectivity index (χ0v) is 17.1. The number of nitrogens with one attached hydrogen (secondary N) is 1. The van der Waals surface area contributed by atoms with Gasteiger partial charge >= 0.3 is 0 Å². The third-order valence-corrected chi connectivity index (χ3v) is 4.96. The van der Waals surface area contributed by atoms with Gasteiger partial charge in [-0.05, 0) is 49.7 Å². The first-order chi connectivity index (χ1) is 13.4. The van der Waals surface area contributed by atoms with Crippen LogP contribution in [0.1, 0.15) is 36.5 Å². The van der Waals surface area contributed by atoms with E-state index in [0.29, 0.717) is 5.92 Å². The number of rotatable bonds is 5. The van der Waals surface area contributed by atoms with Gasteiger partial charge in [0.1, 0.15) is 6.33 Å². The van der Waals surface area contributed by atoms with E-state index in [4.69, 9.17) is 5.10 Å². The van der Waals surface area contributed by atoms with E-state index in [-0.39, 0.29) is 0 Å². The average molecular weight is 374 g/mol. The molecule has 0 bridgehead atoms. The zero-order chi connectivity index (χ0) is 19.8. The van der Waals surface area contributed by atoms with E-state index in [1.54, 1.807) is 6.33 Å². The molecule has 0 saturated carbocycles. The first-order valence-corrected chi connectivity index (χ1v) is 9.56. The van der Waals surface area contributed by atoms with Crippen molar-refractivity contribution in [1.82, 2.24) is 29.7 Å². The van der Waals surface area contributed by atoms with Gasteiger partial charge in [-0.15, -0.1) is 0 Å². The molecule has 6 heteroatoms. The van der Waals surface area contributed by atoms with Crippen molar-refractivity contribution in [2.75, 3.05) is 14.1 Å². The summed E-state index contributed by atoms with van der Waals surface area (Å²) in [4.78, 5) is 6.48. The number of hydrogen-bond acceptors (Lipinski definition) is 4. The van der Waals surface area contributed by atoms with Gasteiger partial charge in [0.15, 0.2) is 5.65 Å². The van der Waals surface area contributed by atoms with Gasteiger partial charge in [-0.1, -0.05) is 38.1 Å². The monoisotopic (exact) mass is 374 g/mol. The lowest BCUT2D eigenvalue weighted by atomic mass is 9.93. The van der Waals surface area contributed by atoms with Crippen LogP contribution in [0.2, 0.25) is 0 Å². The lowest BCUT2D eigenvalue weighted by Crippen LogP contribution is -2.10. The molecule has 3 heterocycles. The van der Waals surface area contributed by atoms with Crippen LogP contribution in [0.5, 0.6) is 0 Å². The molecule has 0 saturated heterocycles. The Bertz CT molecular complexity index is 1100. The van der Waals surface area contributed by atoms with Crippen LogP contribution < -0.4 is 0 Å². The van der Waals surface area contributed by atoms with Gasteiger partial charge in [-0.25, -0.2) is 9.50 Å². The Hall–Kier alpha value is -2.99. The fourth-order valence-corrected chi connectivity index (χ4v) is 3.72. The van der Waals surface area contributed by atoms with Crippen molar-refractivity contribution in [3.05, 3.63) is 59.5 Å². The molecule has 28 heavy (non-hydrogen) atoms. The molecule has 0 atom stereocenters. The Labute approximate surface area is 165 Å². The molecule has 0 radical (unpaired) electrons. The maximum atomic E-state index is 4.69. The summed E-state index contributed by atoms with van der Waals surface area (Å²) >= 11 is 0. The summed E-state index contributed by atoms with van der Waals surface area (Å²) in [7, 11) is 4.17. The summed E-state index contributed by atoms with van der Waals surface area (Å²) in [6.45, 7) is 7.40. The van der Waals surface area contributed by atoms with Crippen LogP contribution in [0.25, 0.3) is 28.2 Å². The molecule has 0 aliphatic carbocycles. The number of pyridine rings is 1. The second-order valence-electron chi connectivity index (χ2n) is 7.89. The fraction of sp³-hybridized carbons (Fsp3) is 0.318. The van der Waals surface area contributed by atoms with Crippen molar-refractivity contribution in [1.29, 1.82) is 0 Å². The lowest BCUT2D eigenvalue weighted by Gasteiger charge is -2.12. The number of aromatic nitrogens is 5. The number of benzene rings is 1. The molecule has 1 aromatic carbocycles. The van der Waals surface area contributed by atoms with Crippen molar-refractivity contribution in [3.8, 4) is 22.5 Å². The molecule has 0 amide bonds. The highest BCUT2D eigenvalue weighted by molar-refractivity contribution is 5.75. The Morgan fingerprint density at radius 2 is 1.86 bits per heavy atom. The van der Waals surface area contributed by atoms with Gasteiger partial charge in [0.2, 0.25) is 0 Å². The predicted molar refractivity (Wildman–Crippen MR) is 112 cm³/mol. The molecule has 4 aromatic rings. The molecule has 144 valence electrons. The molecular weight excluding hydrogens is 348 g/mol. The number of H-pyrrole nitrogens is 1. The van der Waals surface area contributed by atoms with Crippen molar-refractivity contribution in [3.63, 3.8) is 0 Å². The van der Waals surface area contributed by atoms with Crippen molar-refractivity contribution in [2.24, 2.45) is 0 Å². The SMILES string of the molecule is Cc1cc(-c2n[nH]c(-c3ccc(CN(C)C)cc3)c2C(C)C)cn2ncnc12. The summed E-state index contributed by atoms with van der Waals surface area (Å²) in [6.07, 6.45) is 3.59. The smallest absolute Gasteiger partial charge is 0.158 e. The number of hydrogen-bond donors (Lipinski definition) is 1. The second-order valence-corrected chi connectivity index (χ2v) is 7.89. The maximum absolute atomic E-state index is 4.69. The van der Waals surface area contributed by atoms with E-state index in [9.17, 15) is 0 Å². The van der Waals surface area contributed by atoms with E-state index in [1.807, 2.05) is 10.7 Å². The fourth-order valence-electron chi connectivity index (χ4n) is 3.72. The second kappa shape index (κ2) is 7.20. The van der Waals surface area contributed by atoms with Crippen LogP contribution >= 0.6 is 0 Å². The summed E-state index contributed by atoms with van der Waals surface area (Å²) in [5.41, 5.74) is 8.74. The van der Waals surface area contributed by atoms with Crippen LogP contribution in [-0.2, 0) is 6.54 Å². The van der Waals surface area contributed by atoms with Crippen LogP contribution in [-0.4, -0.2) is 43.8 Å². The predicted octanol–water partition coefficient (Wildman–Crippen LogP) is 4.28. The van der Waals surface area contributed by atoms with E-state index in [2.05, 4.69) is 85.3 Å². The Morgan fingerprint density at radius 3 is 2.54 bits per heavy atom. The summed E-state index contributed by atoms with van der Waals surface area (Å²) in [6, 6.07) is 10.9. The van der Waals surface area contributed by atoms with Gasteiger partial charge in [-0.2, -0.15) is 10.2 Å². The van der Waals surface area contributed by atoms with Crippen molar-refractivity contribution < 1.29 is 0 Å². The zero-order valence-electron chi connectivity index (χ0n) is 17.1. The normalized spacial score (nSPS) is 11.8. The molecule has 3 aromatic heterocycles. The first-order valence-electron chi connectivity index (χ1n) is 9.56. The highest BCUT2D eigenvalue weighted by Gasteiger charge is 2.20. The van der Waals surface area contributed by atoms with Crippen LogP contribution in [0.3, 0.4) is 0 Å². The summed E-state index contributed by atoms with van der Waals surface area (Å²) < 4.78 is 1.82. The van der Waals surface area contributed by atoms with Crippen LogP contribution in [0.4, 0.5) is 0 Å². The summed E-state index contributed by atoms with van der Waals surface area (Å²) in [5, 5.41) is 12.3. The molecule has 6 nitrogen and oxygen atoms in total. The molecular formula is C22H26N6. The van der Waals surface area contributed by atoms with Gasteiger partial charge < -0.3 is 4.90 Å². The standard InChI is InChI=1S/C22H26N6/c1-14(2)19-20(17-8-6-16(7-9-17)11-27(4)5)25-26-21(19)18-10-15(3)22-23-13-24-28(22)12-18/h6-10,12-14H,11H2,1-5H3,(H,25,26). The van der Waals surface area contributed by atoms with Crippen molar-refractivity contribution >= 4 is 5.65 Å². The molecule has 0 fully saturated rings. The van der Waals surface area contributed by atoms with Gasteiger partial charge in [0.25, 0.3) is 0 Å². The molecule has 1 N–H and O–H groups in total. The van der Waals surface area contributed by atoms with E-state index >= 15 is 0 Å². The minimum absolute atomic E-state index is 0.331.